The Hall–Kier alpha value is -2.63. The van der Waals surface area contributed by atoms with Crippen molar-refractivity contribution in [3.8, 4) is 0 Å². The van der Waals surface area contributed by atoms with Gasteiger partial charge >= 0.3 is 0 Å². The highest BCUT2D eigenvalue weighted by Gasteiger charge is 2.44. The van der Waals surface area contributed by atoms with Crippen LogP contribution in [-0.2, 0) is 14.3 Å². The van der Waals surface area contributed by atoms with Gasteiger partial charge in [-0.05, 0) is 47.5 Å². The highest BCUT2D eigenvalue weighted by atomic mass is 19.1. The molecule has 0 atom stereocenters. The lowest BCUT2D eigenvalue weighted by Gasteiger charge is -2.33. The average Bonchev–Trinajstić information content (AvgIpc) is 3.10. The Kier molecular flexibility index (Phi) is 4.72. The number of hydrogen-bond acceptors (Lipinski definition) is 3. The standard InChI is InChI=1S/C22H18F2O3/c23-19-5-1-15(2-6-19)11-17-13-22(26-9-10-27-22)14-18(21(17)25)12-16-3-7-20(24)8-4-16/h1-8,11-12H,9-10,13-14H2/b17-11+,18-12+. The van der Waals surface area contributed by atoms with Crippen LogP contribution in [0.25, 0.3) is 12.2 Å². The van der Waals surface area contributed by atoms with Gasteiger partial charge in [0, 0.05) is 24.0 Å². The van der Waals surface area contributed by atoms with Crippen LogP contribution in [-0.4, -0.2) is 24.8 Å². The molecule has 1 saturated carbocycles. The third kappa shape index (κ3) is 3.89. The summed E-state index contributed by atoms with van der Waals surface area (Å²) >= 11 is 0. The molecule has 0 bridgehead atoms. The van der Waals surface area contributed by atoms with Gasteiger partial charge in [-0.25, -0.2) is 8.78 Å². The van der Waals surface area contributed by atoms with E-state index in [1.807, 2.05) is 0 Å². The van der Waals surface area contributed by atoms with Crippen LogP contribution >= 0.6 is 0 Å². The third-order valence-corrected chi connectivity index (χ3v) is 4.74. The molecule has 3 nitrogen and oxygen atoms in total. The van der Waals surface area contributed by atoms with Crippen molar-refractivity contribution in [1.29, 1.82) is 0 Å². The summed E-state index contributed by atoms with van der Waals surface area (Å²) < 4.78 is 38.0. The molecule has 0 radical (unpaired) electrons. The van der Waals surface area contributed by atoms with Gasteiger partial charge in [0.05, 0.1) is 13.2 Å². The van der Waals surface area contributed by atoms with Crippen molar-refractivity contribution >= 4 is 17.9 Å². The molecular weight excluding hydrogens is 350 g/mol. The van der Waals surface area contributed by atoms with Crippen LogP contribution < -0.4 is 0 Å². The van der Waals surface area contributed by atoms with Crippen LogP contribution in [0.15, 0.2) is 59.7 Å². The van der Waals surface area contributed by atoms with Crippen LogP contribution in [0.1, 0.15) is 24.0 Å². The van der Waals surface area contributed by atoms with E-state index >= 15 is 0 Å². The van der Waals surface area contributed by atoms with E-state index in [2.05, 4.69) is 0 Å². The van der Waals surface area contributed by atoms with E-state index < -0.39 is 5.79 Å². The van der Waals surface area contributed by atoms with E-state index in [0.29, 0.717) is 37.2 Å². The second-order valence-electron chi connectivity index (χ2n) is 6.73. The quantitative estimate of drug-likeness (QED) is 0.730. The van der Waals surface area contributed by atoms with Gasteiger partial charge < -0.3 is 9.47 Å². The molecule has 0 unspecified atom stereocenters. The molecule has 0 amide bonds. The van der Waals surface area contributed by atoms with E-state index in [-0.39, 0.29) is 17.4 Å². The highest BCUT2D eigenvalue weighted by molar-refractivity contribution is 6.14. The largest absolute Gasteiger partial charge is 0.347 e. The monoisotopic (exact) mass is 368 g/mol. The second-order valence-corrected chi connectivity index (χ2v) is 6.73. The van der Waals surface area contributed by atoms with Gasteiger partial charge in [-0.1, -0.05) is 24.3 Å². The summed E-state index contributed by atoms with van der Waals surface area (Å²) in [6.07, 6.45) is 4.16. The third-order valence-electron chi connectivity index (χ3n) is 4.74. The summed E-state index contributed by atoms with van der Waals surface area (Å²) in [5, 5.41) is 0. The lowest BCUT2D eigenvalue weighted by molar-refractivity contribution is -0.161. The fourth-order valence-electron chi connectivity index (χ4n) is 3.46. The molecule has 0 aromatic heterocycles. The van der Waals surface area contributed by atoms with Crippen LogP contribution in [0.4, 0.5) is 8.78 Å². The van der Waals surface area contributed by atoms with Crippen molar-refractivity contribution in [1.82, 2.24) is 0 Å². The molecule has 27 heavy (non-hydrogen) atoms. The lowest BCUT2D eigenvalue weighted by Crippen LogP contribution is -2.38. The summed E-state index contributed by atoms with van der Waals surface area (Å²) in [5.41, 5.74) is 2.55. The van der Waals surface area contributed by atoms with Gasteiger partial charge in [-0.15, -0.1) is 0 Å². The van der Waals surface area contributed by atoms with Crippen LogP contribution in [0.3, 0.4) is 0 Å². The Labute approximate surface area is 155 Å². The molecule has 1 heterocycles. The number of ketones is 1. The number of carbonyl (C=O) groups is 1. The van der Waals surface area contributed by atoms with Crippen LogP contribution in [0.2, 0.25) is 0 Å². The van der Waals surface area contributed by atoms with Gasteiger partial charge in [0.1, 0.15) is 11.6 Å². The van der Waals surface area contributed by atoms with E-state index in [0.717, 1.165) is 11.1 Å². The summed E-state index contributed by atoms with van der Waals surface area (Å²) in [4.78, 5) is 13.0. The maximum Gasteiger partial charge on any atom is 0.185 e. The fraction of sp³-hybridized carbons (Fsp3) is 0.227. The van der Waals surface area contributed by atoms with E-state index in [4.69, 9.17) is 9.47 Å². The first-order valence-electron chi connectivity index (χ1n) is 8.78. The number of hydrogen-bond donors (Lipinski definition) is 0. The lowest BCUT2D eigenvalue weighted by atomic mass is 9.82. The number of halogens is 2. The van der Waals surface area contributed by atoms with Gasteiger partial charge in [-0.3, -0.25) is 4.79 Å². The minimum atomic E-state index is -0.856. The predicted molar refractivity (Wildman–Crippen MR) is 97.6 cm³/mol. The molecule has 1 spiro atoms. The molecule has 0 N–H and O–H groups in total. The Morgan fingerprint density at radius 3 is 1.56 bits per heavy atom. The number of rotatable bonds is 2. The molecule has 2 fully saturated rings. The zero-order valence-electron chi connectivity index (χ0n) is 14.6. The Balaban J connectivity index is 1.71. The summed E-state index contributed by atoms with van der Waals surface area (Å²) in [5.74, 6) is -1.62. The zero-order valence-corrected chi connectivity index (χ0v) is 14.6. The van der Waals surface area contributed by atoms with E-state index in [9.17, 15) is 13.6 Å². The van der Waals surface area contributed by atoms with Crippen LogP contribution in [0.5, 0.6) is 0 Å². The van der Waals surface area contributed by atoms with Crippen molar-refractivity contribution in [2.45, 2.75) is 18.6 Å². The minimum Gasteiger partial charge on any atom is -0.347 e. The molecule has 138 valence electrons. The van der Waals surface area contributed by atoms with Crippen molar-refractivity contribution in [2.24, 2.45) is 0 Å². The van der Waals surface area contributed by atoms with Crippen LogP contribution in [0, 0.1) is 11.6 Å². The van der Waals surface area contributed by atoms with Crippen molar-refractivity contribution in [2.75, 3.05) is 13.2 Å². The number of Topliss-reactive ketones (excluding diaryl/α,β-unsaturated/α-hetero) is 1. The second kappa shape index (κ2) is 7.18. The smallest absolute Gasteiger partial charge is 0.185 e. The number of ether oxygens (including phenoxy) is 2. The first kappa shape index (κ1) is 17.8. The fourth-order valence-corrected chi connectivity index (χ4v) is 3.46. The van der Waals surface area contributed by atoms with Gasteiger partial charge in [0.2, 0.25) is 0 Å². The van der Waals surface area contributed by atoms with Gasteiger partial charge in [0.15, 0.2) is 11.6 Å². The SMILES string of the molecule is O=C1/C(=C/c2ccc(F)cc2)CC2(C/C1=C\c1ccc(F)cc1)OCCO2. The average molecular weight is 368 g/mol. The topological polar surface area (TPSA) is 35.5 Å². The molecule has 1 aliphatic carbocycles. The first-order chi connectivity index (χ1) is 13.0. The zero-order chi connectivity index (χ0) is 18.9. The summed E-state index contributed by atoms with van der Waals surface area (Å²) in [6, 6.07) is 11.9. The van der Waals surface area contributed by atoms with Crippen molar-refractivity contribution < 1.29 is 23.0 Å². The Morgan fingerprint density at radius 2 is 1.15 bits per heavy atom. The number of benzene rings is 2. The van der Waals surface area contributed by atoms with Gasteiger partial charge in [-0.2, -0.15) is 0 Å². The molecule has 1 saturated heterocycles. The Bertz CT molecular complexity index is 836. The summed E-state index contributed by atoms with van der Waals surface area (Å²) in [6.45, 7) is 0.948. The molecule has 5 heteroatoms. The minimum absolute atomic E-state index is 0.103. The molecule has 4 rings (SSSR count). The molecular formula is C22H18F2O3. The summed E-state index contributed by atoms with van der Waals surface area (Å²) in [7, 11) is 0. The van der Waals surface area contributed by atoms with E-state index in [1.54, 1.807) is 36.4 Å². The number of carbonyl (C=O) groups excluding carboxylic acids is 1. The van der Waals surface area contributed by atoms with Gasteiger partial charge in [0.25, 0.3) is 0 Å². The van der Waals surface area contributed by atoms with E-state index in [1.165, 1.54) is 24.3 Å². The first-order valence-corrected chi connectivity index (χ1v) is 8.78. The predicted octanol–water partition coefficient (Wildman–Crippen LogP) is 4.54. The molecule has 2 aromatic rings. The molecule has 1 aliphatic heterocycles. The van der Waals surface area contributed by atoms with Crippen molar-refractivity contribution in [3.05, 3.63) is 82.4 Å². The molecule has 2 aromatic carbocycles. The highest BCUT2D eigenvalue weighted by Crippen LogP contribution is 2.40. The van der Waals surface area contributed by atoms with Crippen molar-refractivity contribution in [3.63, 3.8) is 0 Å². The maximum atomic E-state index is 13.2. The maximum absolute atomic E-state index is 13.2. The Morgan fingerprint density at radius 1 is 0.741 bits per heavy atom. The molecule has 2 aliphatic rings. The normalized spacial score (nSPS) is 22.1.